The fourth-order valence-electron chi connectivity index (χ4n) is 3.65. The van der Waals surface area contributed by atoms with Crippen molar-refractivity contribution >= 4 is 11.8 Å². The molecule has 0 radical (unpaired) electrons. The minimum Gasteiger partial charge on any atom is -0.488 e. The van der Waals surface area contributed by atoms with Gasteiger partial charge in [-0.05, 0) is 53.8 Å². The third-order valence-corrected chi connectivity index (χ3v) is 5.37. The molecule has 0 bridgehead atoms. The lowest BCUT2D eigenvalue weighted by Gasteiger charge is -2.13. The van der Waals surface area contributed by atoms with Crippen LogP contribution in [0.2, 0.25) is 0 Å². The van der Waals surface area contributed by atoms with Gasteiger partial charge in [-0.1, -0.05) is 56.3 Å². The highest BCUT2D eigenvalue weighted by atomic mass is 16.5. The minimum atomic E-state index is 0.489. The summed E-state index contributed by atoms with van der Waals surface area (Å²) in [6, 6.07) is 22.6. The Labute approximate surface area is 171 Å². The van der Waals surface area contributed by atoms with E-state index in [4.69, 9.17) is 4.74 Å². The van der Waals surface area contributed by atoms with Gasteiger partial charge in [0.2, 0.25) is 0 Å². The van der Waals surface area contributed by atoms with E-state index < -0.39 is 0 Å². The third kappa shape index (κ3) is 3.81. The van der Waals surface area contributed by atoms with E-state index in [-0.39, 0.29) is 0 Å². The lowest BCUT2D eigenvalue weighted by Crippen LogP contribution is -1.99. The van der Waals surface area contributed by atoms with Gasteiger partial charge >= 0.3 is 0 Å². The molecule has 2 aromatic carbocycles. The van der Waals surface area contributed by atoms with Crippen LogP contribution < -0.4 is 4.74 Å². The fraction of sp³-hybridized carbons (Fsp3) is 0.192. The molecule has 0 atom stereocenters. The Bertz CT molecular complexity index is 1140. The maximum Gasteiger partial charge on any atom is 0.167 e. The van der Waals surface area contributed by atoms with Crippen molar-refractivity contribution in [3.63, 3.8) is 0 Å². The SMILES string of the molecule is CCc1ccc(OCc2ccccc2)c(-c2cc3ccc(CC)cn3c2C=O)c1. The molecule has 0 N–H and O–H groups in total. The van der Waals surface area contributed by atoms with Gasteiger partial charge in [0, 0.05) is 22.8 Å². The van der Waals surface area contributed by atoms with Crippen molar-refractivity contribution in [1.82, 2.24) is 4.40 Å². The van der Waals surface area contributed by atoms with E-state index in [0.717, 1.165) is 47.1 Å². The number of hydrogen-bond donors (Lipinski definition) is 0. The number of carbonyl (C=O) groups is 1. The van der Waals surface area contributed by atoms with Gasteiger partial charge in [-0.2, -0.15) is 0 Å². The van der Waals surface area contributed by atoms with E-state index in [9.17, 15) is 4.79 Å². The zero-order chi connectivity index (χ0) is 20.2. The molecule has 3 nitrogen and oxygen atoms in total. The Morgan fingerprint density at radius 2 is 1.59 bits per heavy atom. The molecular formula is C26H25NO2. The van der Waals surface area contributed by atoms with Crippen molar-refractivity contribution in [2.45, 2.75) is 33.3 Å². The van der Waals surface area contributed by atoms with Gasteiger partial charge in [0.15, 0.2) is 6.29 Å². The molecule has 0 fully saturated rings. The third-order valence-electron chi connectivity index (χ3n) is 5.37. The summed E-state index contributed by atoms with van der Waals surface area (Å²) in [5, 5.41) is 0. The number of carbonyl (C=O) groups excluding carboxylic acids is 1. The van der Waals surface area contributed by atoms with Gasteiger partial charge in [0.25, 0.3) is 0 Å². The van der Waals surface area contributed by atoms with Gasteiger partial charge < -0.3 is 9.14 Å². The van der Waals surface area contributed by atoms with Crippen LogP contribution in [-0.4, -0.2) is 10.7 Å². The molecule has 2 heterocycles. The summed E-state index contributed by atoms with van der Waals surface area (Å²) in [6.45, 7) is 4.74. The van der Waals surface area contributed by atoms with Gasteiger partial charge in [-0.15, -0.1) is 0 Å². The van der Waals surface area contributed by atoms with Gasteiger partial charge in [0.1, 0.15) is 12.4 Å². The molecule has 0 aliphatic heterocycles. The Balaban J connectivity index is 1.81. The van der Waals surface area contributed by atoms with Gasteiger partial charge in [-0.25, -0.2) is 0 Å². The first-order valence-electron chi connectivity index (χ1n) is 10.1. The standard InChI is InChI=1S/C26H25NO2/c1-3-19-11-13-26(29-18-21-8-6-5-7-9-21)24(14-19)23-15-22-12-10-20(4-2)16-27(22)25(23)17-28/h5-17H,3-4,18H2,1-2H3. The normalized spacial score (nSPS) is 11.0. The summed E-state index contributed by atoms with van der Waals surface area (Å²) in [6.07, 6.45) is 4.85. The van der Waals surface area contributed by atoms with E-state index in [1.165, 1.54) is 11.1 Å². The van der Waals surface area contributed by atoms with Gasteiger partial charge in [0.05, 0.1) is 5.69 Å². The monoisotopic (exact) mass is 383 g/mol. The van der Waals surface area contributed by atoms with Crippen LogP contribution in [0.5, 0.6) is 5.75 Å². The van der Waals surface area contributed by atoms with Crippen LogP contribution in [0.1, 0.15) is 41.0 Å². The van der Waals surface area contributed by atoms with E-state index in [1.54, 1.807) is 0 Å². The molecule has 0 spiro atoms. The molecule has 146 valence electrons. The predicted molar refractivity (Wildman–Crippen MR) is 118 cm³/mol. The Morgan fingerprint density at radius 1 is 0.828 bits per heavy atom. The summed E-state index contributed by atoms with van der Waals surface area (Å²) in [7, 11) is 0. The van der Waals surface area contributed by atoms with Crippen molar-refractivity contribution in [3.05, 3.63) is 95.3 Å². The molecule has 0 amide bonds. The molecule has 3 heteroatoms. The highest BCUT2D eigenvalue weighted by Gasteiger charge is 2.16. The molecule has 0 aliphatic rings. The number of hydrogen-bond acceptors (Lipinski definition) is 2. The number of benzene rings is 2. The van der Waals surface area contributed by atoms with E-state index in [0.29, 0.717) is 12.3 Å². The van der Waals surface area contributed by atoms with E-state index in [1.807, 2.05) is 28.7 Å². The average Bonchev–Trinajstić information content (AvgIpc) is 3.15. The van der Waals surface area contributed by atoms with Crippen molar-refractivity contribution < 1.29 is 9.53 Å². The summed E-state index contributed by atoms with van der Waals surface area (Å²) in [4.78, 5) is 12.1. The molecule has 0 saturated heterocycles. The van der Waals surface area contributed by atoms with Crippen LogP contribution in [-0.2, 0) is 19.4 Å². The maximum atomic E-state index is 12.1. The van der Waals surface area contributed by atoms with Crippen molar-refractivity contribution in [1.29, 1.82) is 0 Å². The minimum absolute atomic E-state index is 0.489. The van der Waals surface area contributed by atoms with Gasteiger partial charge in [-0.3, -0.25) is 4.79 Å². The van der Waals surface area contributed by atoms with Crippen molar-refractivity contribution in [2.24, 2.45) is 0 Å². The molecule has 29 heavy (non-hydrogen) atoms. The van der Waals surface area contributed by atoms with Crippen LogP contribution >= 0.6 is 0 Å². The Hall–Kier alpha value is -3.33. The average molecular weight is 383 g/mol. The molecule has 0 unspecified atom stereocenters. The highest BCUT2D eigenvalue weighted by Crippen LogP contribution is 2.36. The first kappa shape index (κ1) is 19.0. The Morgan fingerprint density at radius 3 is 2.31 bits per heavy atom. The largest absolute Gasteiger partial charge is 0.488 e. The lowest BCUT2D eigenvalue weighted by molar-refractivity contribution is 0.111. The van der Waals surface area contributed by atoms with Crippen LogP contribution in [0.15, 0.2) is 72.9 Å². The van der Waals surface area contributed by atoms with Crippen molar-refractivity contribution in [3.8, 4) is 16.9 Å². The zero-order valence-electron chi connectivity index (χ0n) is 16.9. The number of ether oxygens (including phenoxy) is 1. The highest BCUT2D eigenvalue weighted by molar-refractivity contribution is 5.91. The van der Waals surface area contributed by atoms with Crippen LogP contribution in [0.25, 0.3) is 16.6 Å². The number of aromatic nitrogens is 1. The first-order valence-corrected chi connectivity index (χ1v) is 10.1. The molecule has 0 saturated carbocycles. The smallest absolute Gasteiger partial charge is 0.167 e. The number of nitrogens with zero attached hydrogens (tertiary/aromatic N) is 1. The summed E-state index contributed by atoms with van der Waals surface area (Å²) in [5.41, 5.74) is 7.07. The fourth-order valence-corrected chi connectivity index (χ4v) is 3.65. The molecule has 4 aromatic rings. The number of fused-ring (bicyclic) bond motifs is 1. The number of pyridine rings is 1. The first-order chi connectivity index (χ1) is 14.2. The second-order valence-electron chi connectivity index (χ2n) is 7.21. The summed E-state index contributed by atoms with van der Waals surface area (Å²) >= 11 is 0. The number of aldehydes is 1. The number of rotatable bonds is 7. The van der Waals surface area contributed by atoms with Crippen LogP contribution in [0, 0.1) is 0 Å². The van der Waals surface area contributed by atoms with E-state index in [2.05, 4.69) is 62.5 Å². The maximum absolute atomic E-state index is 12.1. The molecule has 0 aliphatic carbocycles. The van der Waals surface area contributed by atoms with Crippen LogP contribution in [0.3, 0.4) is 0 Å². The molecule has 2 aromatic heterocycles. The topological polar surface area (TPSA) is 30.7 Å². The van der Waals surface area contributed by atoms with Crippen LogP contribution in [0.4, 0.5) is 0 Å². The second-order valence-corrected chi connectivity index (χ2v) is 7.21. The van der Waals surface area contributed by atoms with E-state index >= 15 is 0 Å². The quantitative estimate of drug-likeness (QED) is 0.360. The summed E-state index contributed by atoms with van der Waals surface area (Å²) in [5.74, 6) is 0.792. The molecule has 4 rings (SSSR count). The summed E-state index contributed by atoms with van der Waals surface area (Å²) < 4.78 is 8.18. The Kier molecular flexibility index (Phi) is 5.48. The predicted octanol–water partition coefficient (Wildman–Crippen LogP) is 6.12. The van der Waals surface area contributed by atoms with Crippen molar-refractivity contribution in [2.75, 3.05) is 0 Å². The zero-order valence-corrected chi connectivity index (χ0v) is 16.9. The second kappa shape index (κ2) is 8.36. The number of aryl methyl sites for hydroxylation is 2. The lowest BCUT2D eigenvalue weighted by atomic mass is 10.0. The molecular weight excluding hydrogens is 358 g/mol.